The van der Waals surface area contributed by atoms with Crippen LogP contribution in [0, 0.1) is 5.92 Å². The quantitative estimate of drug-likeness (QED) is 0.569. The first kappa shape index (κ1) is 16.4. The van der Waals surface area contributed by atoms with Crippen LogP contribution in [-0.4, -0.2) is 39.6 Å². The molecule has 1 atom stereocenters. The van der Waals surface area contributed by atoms with Gasteiger partial charge in [0.25, 0.3) is 11.8 Å². The summed E-state index contributed by atoms with van der Waals surface area (Å²) in [6.07, 6.45) is 4.86. The number of hydrogen-bond donors (Lipinski definition) is 0. The lowest BCUT2D eigenvalue weighted by Gasteiger charge is -2.27. The van der Waals surface area contributed by atoms with Gasteiger partial charge in [-0.1, -0.05) is 25.3 Å². The van der Waals surface area contributed by atoms with E-state index in [1.807, 2.05) is 0 Å². The maximum atomic E-state index is 13.1. The molecular formula is C17H19F2N3O2. The maximum Gasteiger partial charge on any atom is 0.272 e. The van der Waals surface area contributed by atoms with E-state index >= 15 is 0 Å². The molecule has 1 fully saturated rings. The van der Waals surface area contributed by atoms with Crippen LogP contribution in [-0.2, 0) is 17.9 Å². The molecule has 2 aliphatic rings. The Balaban J connectivity index is 1.61. The van der Waals surface area contributed by atoms with E-state index in [-0.39, 0.29) is 25.5 Å². The van der Waals surface area contributed by atoms with Crippen LogP contribution in [0.25, 0.3) is 0 Å². The summed E-state index contributed by atoms with van der Waals surface area (Å²) in [5.41, 5.74) is 1.01. The molecule has 0 aromatic carbocycles. The smallest absolute Gasteiger partial charge is 0.272 e. The molecule has 0 bridgehead atoms. The number of aromatic nitrogens is 2. The number of rotatable bonds is 7. The van der Waals surface area contributed by atoms with E-state index in [1.54, 1.807) is 29.0 Å². The van der Waals surface area contributed by atoms with Crippen molar-refractivity contribution in [3.8, 4) is 0 Å². The first-order valence-corrected chi connectivity index (χ1v) is 7.75. The third-order valence-corrected chi connectivity index (χ3v) is 4.14. The predicted molar refractivity (Wildman–Crippen MR) is 84.5 cm³/mol. The predicted octanol–water partition coefficient (Wildman–Crippen LogP) is 2.77. The molecule has 1 aromatic heterocycles. The largest absolute Gasteiger partial charge is 0.488 e. The van der Waals surface area contributed by atoms with Gasteiger partial charge in [-0.05, 0) is 12.1 Å². The van der Waals surface area contributed by atoms with E-state index in [2.05, 4.69) is 18.3 Å². The topological polar surface area (TPSA) is 47.4 Å². The standard InChI is InChI=1S/C17H19F2N3O2/c1-3-4-5-12(2)24-11-14-8-15-16(23)21(6-7-22(15)20-14)10-13-9-17(13,18)19/h3-5,8,13H,1-2,6-7,9-11H2/b5-4-. The fraction of sp³-hybridized carbons (Fsp3) is 0.412. The average molecular weight is 335 g/mol. The molecule has 2 heterocycles. The highest BCUT2D eigenvalue weighted by Crippen LogP contribution is 2.49. The summed E-state index contributed by atoms with van der Waals surface area (Å²) in [5, 5.41) is 4.32. The molecule has 1 saturated carbocycles. The Labute approximate surface area is 138 Å². The summed E-state index contributed by atoms with van der Waals surface area (Å²) in [5.74, 6) is -3.12. The zero-order valence-corrected chi connectivity index (χ0v) is 13.3. The molecule has 1 aliphatic carbocycles. The number of fused-ring (bicyclic) bond motifs is 1. The van der Waals surface area contributed by atoms with Crippen molar-refractivity contribution in [3.63, 3.8) is 0 Å². The van der Waals surface area contributed by atoms with E-state index in [0.717, 1.165) is 0 Å². The lowest BCUT2D eigenvalue weighted by atomic mass is 10.2. The Morgan fingerprint density at radius 3 is 2.92 bits per heavy atom. The second kappa shape index (κ2) is 6.22. The fourth-order valence-corrected chi connectivity index (χ4v) is 2.66. The second-order valence-corrected chi connectivity index (χ2v) is 6.01. The summed E-state index contributed by atoms with van der Waals surface area (Å²) in [4.78, 5) is 13.9. The molecule has 0 radical (unpaired) electrons. The molecule has 1 amide bonds. The summed E-state index contributed by atoms with van der Waals surface area (Å²) < 4.78 is 33.1. The van der Waals surface area contributed by atoms with E-state index in [4.69, 9.17) is 4.74 Å². The number of hydrogen-bond acceptors (Lipinski definition) is 3. The van der Waals surface area contributed by atoms with Crippen LogP contribution >= 0.6 is 0 Å². The molecule has 128 valence electrons. The minimum atomic E-state index is -2.61. The highest BCUT2D eigenvalue weighted by molar-refractivity contribution is 5.93. The van der Waals surface area contributed by atoms with Crippen LogP contribution < -0.4 is 0 Å². The third kappa shape index (κ3) is 3.39. The van der Waals surface area contributed by atoms with Crippen LogP contribution in [0.2, 0.25) is 0 Å². The van der Waals surface area contributed by atoms with Gasteiger partial charge in [-0.15, -0.1) is 0 Å². The summed E-state index contributed by atoms with van der Waals surface area (Å²) in [6.45, 7) is 8.47. The van der Waals surface area contributed by atoms with Gasteiger partial charge in [0.2, 0.25) is 0 Å². The number of nitrogens with zero attached hydrogens (tertiary/aromatic N) is 3. The Morgan fingerprint density at radius 1 is 1.50 bits per heavy atom. The number of allylic oxidation sites excluding steroid dienone is 3. The number of carbonyl (C=O) groups excluding carboxylic acids is 1. The Hall–Kier alpha value is -2.44. The first-order chi connectivity index (χ1) is 11.4. The summed E-state index contributed by atoms with van der Waals surface area (Å²) >= 11 is 0. The van der Waals surface area contributed by atoms with Crippen LogP contribution in [0.1, 0.15) is 22.6 Å². The number of alkyl halides is 2. The van der Waals surface area contributed by atoms with Crippen molar-refractivity contribution in [2.24, 2.45) is 5.92 Å². The van der Waals surface area contributed by atoms with Gasteiger partial charge >= 0.3 is 0 Å². The highest BCUT2D eigenvalue weighted by Gasteiger charge is 2.57. The second-order valence-electron chi connectivity index (χ2n) is 6.01. The van der Waals surface area contributed by atoms with E-state index in [1.165, 1.54) is 4.90 Å². The van der Waals surface area contributed by atoms with Crippen molar-refractivity contribution in [1.29, 1.82) is 0 Å². The van der Waals surface area contributed by atoms with Crippen molar-refractivity contribution < 1.29 is 18.3 Å². The zero-order chi connectivity index (χ0) is 17.3. The van der Waals surface area contributed by atoms with Gasteiger partial charge in [-0.3, -0.25) is 9.48 Å². The zero-order valence-electron chi connectivity index (χ0n) is 13.3. The van der Waals surface area contributed by atoms with E-state index < -0.39 is 11.8 Å². The number of carbonyl (C=O) groups is 1. The van der Waals surface area contributed by atoms with Crippen molar-refractivity contribution in [2.45, 2.75) is 25.5 Å². The van der Waals surface area contributed by atoms with Crippen molar-refractivity contribution in [2.75, 3.05) is 13.1 Å². The Morgan fingerprint density at radius 2 is 2.25 bits per heavy atom. The molecule has 7 heteroatoms. The molecule has 1 aliphatic heterocycles. The number of halogens is 2. The van der Waals surface area contributed by atoms with Gasteiger partial charge in [0, 0.05) is 25.4 Å². The van der Waals surface area contributed by atoms with Gasteiger partial charge in [-0.2, -0.15) is 5.10 Å². The summed E-state index contributed by atoms with van der Waals surface area (Å²) in [6, 6.07) is 1.64. The normalized spacial score (nSPS) is 21.7. The van der Waals surface area contributed by atoms with Gasteiger partial charge in [0.1, 0.15) is 23.8 Å². The van der Waals surface area contributed by atoms with Crippen molar-refractivity contribution in [3.05, 3.63) is 54.6 Å². The molecular weight excluding hydrogens is 316 g/mol. The maximum absolute atomic E-state index is 13.1. The fourth-order valence-electron chi connectivity index (χ4n) is 2.66. The van der Waals surface area contributed by atoms with Crippen LogP contribution in [0.15, 0.2) is 43.2 Å². The van der Waals surface area contributed by atoms with Crippen LogP contribution in [0.5, 0.6) is 0 Å². The SMILES string of the molecule is C=C/C=C\C(=C)OCc1cc2n(n1)CCN(CC1CC1(F)F)C2=O. The van der Waals surface area contributed by atoms with Crippen molar-refractivity contribution >= 4 is 5.91 Å². The monoisotopic (exact) mass is 335 g/mol. The molecule has 0 N–H and O–H groups in total. The minimum absolute atomic E-state index is 0.103. The van der Waals surface area contributed by atoms with Gasteiger partial charge in [0.05, 0.1) is 6.54 Å². The number of ether oxygens (including phenoxy) is 1. The average Bonchev–Trinajstić information content (AvgIpc) is 2.96. The van der Waals surface area contributed by atoms with Gasteiger partial charge in [-0.25, -0.2) is 8.78 Å². The van der Waals surface area contributed by atoms with E-state index in [9.17, 15) is 13.6 Å². The molecule has 1 aromatic rings. The molecule has 3 rings (SSSR count). The Bertz CT molecular complexity index is 709. The van der Waals surface area contributed by atoms with Crippen molar-refractivity contribution in [1.82, 2.24) is 14.7 Å². The molecule has 5 nitrogen and oxygen atoms in total. The van der Waals surface area contributed by atoms with Crippen LogP contribution in [0.4, 0.5) is 8.78 Å². The third-order valence-electron chi connectivity index (χ3n) is 4.14. The molecule has 24 heavy (non-hydrogen) atoms. The highest BCUT2D eigenvalue weighted by atomic mass is 19.3. The summed E-state index contributed by atoms with van der Waals surface area (Å²) in [7, 11) is 0. The Kier molecular flexibility index (Phi) is 4.26. The van der Waals surface area contributed by atoms with Gasteiger partial charge < -0.3 is 9.64 Å². The first-order valence-electron chi connectivity index (χ1n) is 7.75. The van der Waals surface area contributed by atoms with E-state index in [0.29, 0.717) is 30.2 Å². The molecule has 1 unspecified atom stereocenters. The minimum Gasteiger partial charge on any atom is -0.488 e. The lowest BCUT2D eigenvalue weighted by molar-refractivity contribution is 0.0602. The van der Waals surface area contributed by atoms with Crippen LogP contribution in [0.3, 0.4) is 0 Å². The number of amides is 1. The lowest BCUT2D eigenvalue weighted by Crippen LogP contribution is -2.41. The molecule has 0 saturated heterocycles. The van der Waals surface area contributed by atoms with Gasteiger partial charge in [0.15, 0.2) is 0 Å². The molecule has 0 spiro atoms.